The topological polar surface area (TPSA) is 55.3 Å². The lowest BCUT2D eigenvalue weighted by molar-refractivity contribution is -0.438. The molecule has 2 aliphatic rings. The van der Waals surface area contributed by atoms with Crippen LogP contribution in [0.25, 0.3) is 10.8 Å². The fourth-order valence-corrected chi connectivity index (χ4v) is 3.83. The van der Waals surface area contributed by atoms with Gasteiger partial charge in [-0.3, -0.25) is 5.73 Å². The third-order valence-corrected chi connectivity index (χ3v) is 5.35. The van der Waals surface area contributed by atoms with Gasteiger partial charge >= 0.3 is 11.7 Å². The molecular formula is C20H23N2O2+. The van der Waals surface area contributed by atoms with E-state index < -0.39 is 0 Å². The van der Waals surface area contributed by atoms with Crippen molar-refractivity contribution in [3.8, 4) is 0 Å². The molecule has 1 amide bonds. The fraction of sp³-hybridized carbons (Fsp3) is 0.400. The summed E-state index contributed by atoms with van der Waals surface area (Å²) in [5.74, 6) is 0.878. The standard InChI is InChI=1S/C20H22N2O2/c1-14-2-5-17-13-15(3-6-16(17)12-14)4-7-18(23)22-19(21)20(22)8-10-24-11-9-20/h2-3,5-6,12-13,21H,4,7-11H2,1H3/p+1. The quantitative estimate of drug-likeness (QED) is 0.883. The number of fused-ring (bicyclic) bond motifs is 1. The van der Waals surface area contributed by atoms with Crippen molar-refractivity contribution < 1.29 is 14.1 Å². The molecule has 4 heteroatoms. The van der Waals surface area contributed by atoms with E-state index in [0.717, 1.165) is 25.1 Å². The molecule has 1 saturated heterocycles. The molecule has 0 aromatic heterocycles. The van der Waals surface area contributed by atoms with Gasteiger partial charge in [0.15, 0.2) is 0 Å². The first kappa shape index (κ1) is 15.3. The van der Waals surface area contributed by atoms with Gasteiger partial charge in [-0.2, -0.15) is 4.58 Å². The zero-order valence-corrected chi connectivity index (χ0v) is 14.0. The molecule has 0 saturated carbocycles. The van der Waals surface area contributed by atoms with Crippen LogP contribution in [0.5, 0.6) is 0 Å². The first-order valence-corrected chi connectivity index (χ1v) is 8.63. The molecule has 1 fully saturated rings. The lowest BCUT2D eigenvalue weighted by Crippen LogP contribution is -2.36. The summed E-state index contributed by atoms with van der Waals surface area (Å²) in [6, 6.07) is 12.9. The van der Waals surface area contributed by atoms with E-state index in [4.69, 9.17) is 10.5 Å². The van der Waals surface area contributed by atoms with Crippen LogP contribution in [-0.2, 0) is 16.0 Å². The summed E-state index contributed by atoms with van der Waals surface area (Å²) in [4.78, 5) is 12.6. The summed E-state index contributed by atoms with van der Waals surface area (Å²) >= 11 is 0. The van der Waals surface area contributed by atoms with Gasteiger partial charge in [-0.05, 0) is 29.7 Å². The molecule has 2 aliphatic heterocycles. The third kappa shape index (κ3) is 2.51. The van der Waals surface area contributed by atoms with Crippen LogP contribution < -0.4 is 5.73 Å². The van der Waals surface area contributed by atoms with Crippen LogP contribution in [0.15, 0.2) is 36.4 Å². The Morgan fingerprint density at radius 3 is 2.67 bits per heavy atom. The molecule has 2 heterocycles. The van der Waals surface area contributed by atoms with Gasteiger partial charge in [0.25, 0.3) is 0 Å². The van der Waals surface area contributed by atoms with Gasteiger partial charge in [0.05, 0.1) is 19.6 Å². The van der Waals surface area contributed by atoms with Crippen molar-refractivity contribution in [2.24, 2.45) is 5.73 Å². The molecule has 0 unspecified atom stereocenters. The number of hydrogen-bond acceptors (Lipinski definition) is 3. The number of nitrogens with two attached hydrogens (primary N) is 1. The predicted octanol–water partition coefficient (Wildman–Crippen LogP) is 2.54. The molecular weight excluding hydrogens is 300 g/mol. The number of benzene rings is 2. The van der Waals surface area contributed by atoms with Gasteiger partial charge in [-0.15, -0.1) is 0 Å². The fourth-order valence-electron chi connectivity index (χ4n) is 3.83. The van der Waals surface area contributed by atoms with Crippen molar-refractivity contribution in [1.29, 1.82) is 0 Å². The van der Waals surface area contributed by atoms with Gasteiger partial charge in [0.1, 0.15) is 0 Å². The Hall–Kier alpha value is -2.20. The highest BCUT2D eigenvalue weighted by molar-refractivity contribution is 5.99. The largest absolute Gasteiger partial charge is 0.381 e. The Bertz CT molecular complexity index is 848. The van der Waals surface area contributed by atoms with Crippen LogP contribution in [0.2, 0.25) is 0 Å². The molecule has 0 radical (unpaired) electrons. The number of carbonyl (C=O) groups excluding carboxylic acids is 1. The van der Waals surface area contributed by atoms with Gasteiger partial charge in [-0.1, -0.05) is 42.0 Å². The van der Waals surface area contributed by atoms with Gasteiger partial charge in [0.2, 0.25) is 5.54 Å². The highest BCUT2D eigenvalue weighted by Gasteiger charge is 2.63. The molecule has 2 aromatic carbocycles. The number of hydrogen-bond donors (Lipinski definition) is 1. The minimum absolute atomic E-state index is 0.137. The van der Waals surface area contributed by atoms with E-state index in [1.807, 2.05) is 0 Å². The zero-order valence-electron chi connectivity index (χ0n) is 14.0. The van der Waals surface area contributed by atoms with Gasteiger partial charge < -0.3 is 4.74 Å². The second-order valence-corrected chi connectivity index (χ2v) is 6.94. The van der Waals surface area contributed by atoms with E-state index in [2.05, 4.69) is 43.3 Å². The van der Waals surface area contributed by atoms with Crippen LogP contribution in [0.1, 0.15) is 30.4 Å². The van der Waals surface area contributed by atoms with Crippen molar-refractivity contribution in [3.63, 3.8) is 0 Å². The summed E-state index contributed by atoms with van der Waals surface area (Å²) in [5.41, 5.74) is 8.36. The molecule has 4 nitrogen and oxygen atoms in total. The second kappa shape index (κ2) is 5.71. The molecule has 2 aromatic rings. The Kier molecular flexibility index (Phi) is 3.65. The molecule has 2 N–H and O–H groups in total. The SMILES string of the molecule is Cc1ccc2cc(CCC(=O)[N+]3=C(N)C34CCOCC4)ccc2c1. The van der Waals surface area contributed by atoms with Crippen molar-refractivity contribution in [2.45, 2.75) is 38.1 Å². The molecule has 24 heavy (non-hydrogen) atoms. The number of aryl methyl sites for hydroxylation is 2. The second-order valence-electron chi connectivity index (χ2n) is 6.94. The van der Waals surface area contributed by atoms with E-state index >= 15 is 0 Å². The van der Waals surface area contributed by atoms with Crippen LogP contribution in [0.3, 0.4) is 0 Å². The number of carbonyl (C=O) groups is 1. The maximum Gasteiger partial charge on any atom is 0.310 e. The smallest absolute Gasteiger partial charge is 0.310 e. The van der Waals surface area contributed by atoms with Crippen molar-refractivity contribution in [1.82, 2.24) is 0 Å². The van der Waals surface area contributed by atoms with E-state index in [1.165, 1.54) is 21.9 Å². The van der Waals surface area contributed by atoms with Crippen molar-refractivity contribution in [3.05, 3.63) is 47.5 Å². The minimum Gasteiger partial charge on any atom is -0.381 e. The number of ether oxygens (including phenoxy) is 1. The normalized spacial score (nSPS) is 19.0. The van der Waals surface area contributed by atoms with Gasteiger partial charge in [0, 0.05) is 12.8 Å². The number of rotatable bonds is 3. The lowest BCUT2D eigenvalue weighted by atomic mass is 9.96. The van der Waals surface area contributed by atoms with Crippen molar-refractivity contribution in [2.75, 3.05) is 13.2 Å². The van der Waals surface area contributed by atoms with Gasteiger partial charge in [-0.25, -0.2) is 4.79 Å². The highest BCUT2D eigenvalue weighted by Crippen LogP contribution is 2.35. The molecule has 0 atom stereocenters. The first-order chi connectivity index (χ1) is 11.6. The Labute approximate surface area is 141 Å². The molecule has 1 spiro atoms. The Balaban J connectivity index is 1.43. The summed E-state index contributed by atoms with van der Waals surface area (Å²) < 4.78 is 7.20. The van der Waals surface area contributed by atoms with E-state index in [0.29, 0.717) is 19.6 Å². The van der Waals surface area contributed by atoms with E-state index in [9.17, 15) is 4.79 Å². The van der Waals surface area contributed by atoms with Crippen LogP contribution >= 0.6 is 0 Å². The number of amidine groups is 1. The number of nitrogens with zero attached hydrogens (tertiary/aromatic N) is 1. The van der Waals surface area contributed by atoms with Crippen LogP contribution in [0, 0.1) is 6.92 Å². The first-order valence-electron chi connectivity index (χ1n) is 8.63. The van der Waals surface area contributed by atoms with E-state index in [-0.39, 0.29) is 11.4 Å². The maximum absolute atomic E-state index is 12.6. The predicted molar refractivity (Wildman–Crippen MR) is 94.3 cm³/mol. The summed E-state index contributed by atoms with van der Waals surface area (Å²) in [6.45, 7) is 3.48. The molecule has 124 valence electrons. The molecule has 0 aliphatic carbocycles. The lowest BCUT2D eigenvalue weighted by Gasteiger charge is -2.18. The Morgan fingerprint density at radius 1 is 1.17 bits per heavy atom. The molecule has 0 bridgehead atoms. The molecule has 4 rings (SSSR count). The van der Waals surface area contributed by atoms with Crippen LogP contribution in [-0.4, -0.2) is 35.1 Å². The third-order valence-electron chi connectivity index (χ3n) is 5.35. The summed E-state index contributed by atoms with van der Waals surface area (Å²) in [5, 5.41) is 2.47. The highest BCUT2D eigenvalue weighted by atomic mass is 16.5. The minimum atomic E-state index is -0.198. The Morgan fingerprint density at radius 2 is 1.88 bits per heavy atom. The average molecular weight is 323 g/mol. The summed E-state index contributed by atoms with van der Waals surface area (Å²) in [7, 11) is 0. The average Bonchev–Trinajstić information content (AvgIpc) is 3.15. The van der Waals surface area contributed by atoms with Crippen LogP contribution in [0.4, 0.5) is 0 Å². The number of amides is 1. The van der Waals surface area contributed by atoms with E-state index in [1.54, 1.807) is 4.58 Å². The monoisotopic (exact) mass is 323 g/mol. The van der Waals surface area contributed by atoms with Crippen molar-refractivity contribution >= 4 is 22.5 Å². The zero-order chi connectivity index (χ0) is 16.7. The maximum atomic E-state index is 12.6. The summed E-state index contributed by atoms with van der Waals surface area (Å²) in [6.07, 6.45) is 2.92.